The van der Waals surface area contributed by atoms with Gasteiger partial charge in [0.25, 0.3) is 5.71 Å². The average molecular weight is 551 g/mol. The van der Waals surface area contributed by atoms with Gasteiger partial charge in [-0.05, 0) is 43.2 Å². The molecule has 1 fully saturated rings. The molecule has 0 saturated carbocycles. The lowest BCUT2D eigenvalue weighted by atomic mass is 10.1. The Bertz CT molecular complexity index is 1590. The molecule has 1 aliphatic rings. The van der Waals surface area contributed by atoms with Crippen LogP contribution in [0.2, 0.25) is 0 Å². The number of fused-ring (bicyclic) bond motifs is 1. The summed E-state index contributed by atoms with van der Waals surface area (Å²) in [7, 11) is 0. The lowest BCUT2D eigenvalue weighted by Gasteiger charge is -2.24. The van der Waals surface area contributed by atoms with E-state index in [1.807, 2.05) is 47.4 Å². The van der Waals surface area contributed by atoms with Gasteiger partial charge in [0.1, 0.15) is 22.7 Å². The van der Waals surface area contributed by atoms with Crippen LogP contribution in [0.5, 0.6) is 0 Å². The van der Waals surface area contributed by atoms with Crippen molar-refractivity contribution in [1.29, 1.82) is 0 Å². The van der Waals surface area contributed by atoms with Crippen LogP contribution < -0.4 is 4.90 Å². The highest BCUT2D eigenvalue weighted by atomic mass is 32.2. The monoisotopic (exact) mass is 550 g/mol. The number of nitrogens with zero attached hydrogens (tertiary/aromatic N) is 6. The predicted molar refractivity (Wildman–Crippen MR) is 157 cm³/mol. The van der Waals surface area contributed by atoms with E-state index in [0.29, 0.717) is 49.0 Å². The van der Waals surface area contributed by atoms with Crippen LogP contribution in [0.15, 0.2) is 88.5 Å². The standard InChI is InChI=1S/C31H30N6O2S/c1-22-10-12-23(13-11-22)19-26-33-30(28-29(35-39-31(28)34-26)24-7-5-14-32-20-24)37-16-6-15-36(17-18-37)27(38)21-40-25-8-3-2-4-9-25/h2-5,7-14,20H,6,15-19,21H2,1H3. The van der Waals surface area contributed by atoms with E-state index in [0.717, 1.165) is 40.2 Å². The van der Waals surface area contributed by atoms with E-state index < -0.39 is 0 Å². The Morgan fingerprint density at radius 1 is 0.950 bits per heavy atom. The second kappa shape index (κ2) is 11.9. The van der Waals surface area contributed by atoms with Crippen molar-refractivity contribution in [1.82, 2.24) is 25.0 Å². The first-order chi connectivity index (χ1) is 19.6. The number of amides is 1. The van der Waals surface area contributed by atoms with Crippen molar-refractivity contribution in [3.63, 3.8) is 0 Å². The molecule has 8 nitrogen and oxygen atoms in total. The third-order valence-electron chi connectivity index (χ3n) is 7.03. The largest absolute Gasteiger partial charge is 0.354 e. The van der Waals surface area contributed by atoms with Crippen molar-refractivity contribution in [3.05, 3.63) is 96.1 Å². The van der Waals surface area contributed by atoms with E-state index in [-0.39, 0.29) is 5.91 Å². The van der Waals surface area contributed by atoms with Crippen LogP contribution in [0.25, 0.3) is 22.4 Å². The molecule has 9 heteroatoms. The fourth-order valence-electron chi connectivity index (χ4n) is 4.91. The number of anilines is 1. The molecule has 1 aliphatic heterocycles. The topological polar surface area (TPSA) is 88.3 Å². The highest BCUT2D eigenvalue weighted by Crippen LogP contribution is 2.34. The first kappa shape index (κ1) is 26.0. The smallest absolute Gasteiger partial charge is 0.263 e. The van der Waals surface area contributed by atoms with E-state index in [4.69, 9.17) is 14.5 Å². The van der Waals surface area contributed by atoms with Crippen LogP contribution in [0.1, 0.15) is 23.4 Å². The molecule has 4 heterocycles. The number of hydrogen-bond donors (Lipinski definition) is 0. The van der Waals surface area contributed by atoms with E-state index >= 15 is 0 Å². The Balaban J connectivity index is 1.28. The minimum absolute atomic E-state index is 0.157. The summed E-state index contributed by atoms with van der Waals surface area (Å²) in [5, 5.41) is 5.17. The first-order valence-corrected chi connectivity index (χ1v) is 14.5. The van der Waals surface area contributed by atoms with Crippen LogP contribution in [0.4, 0.5) is 5.82 Å². The van der Waals surface area contributed by atoms with Crippen molar-refractivity contribution in [2.45, 2.75) is 24.7 Å². The predicted octanol–water partition coefficient (Wildman–Crippen LogP) is 5.41. The number of hydrogen-bond acceptors (Lipinski definition) is 8. The zero-order valence-electron chi connectivity index (χ0n) is 22.4. The van der Waals surface area contributed by atoms with Crippen LogP contribution >= 0.6 is 11.8 Å². The summed E-state index contributed by atoms with van der Waals surface area (Å²) in [5.41, 5.74) is 4.33. The zero-order chi connectivity index (χ0) is 27.3. The summed E-state index contributed by atoms with van der Waals surface area (Å²) in [6, 6.07) is 22.3. The lowest BCUT2D eigenvalue weighted by molar-refractivity contribution is -0.128. The number of benzene rings is 2. The summed E-state index contributed by atoms with van der Waals surface area (Å²) >= 11 is 1.58. The zero-order valence-corrected chi connectivity index (χ0v) is 23.2. The van der Waals surface area contributed by atoms with Gasteiger partial charge in [0, 0.05) is 55.5 Å². The van der Waals surface area contributed by atoms with E-state index in [1.54, 1.807) is 24.2 Å². The number of thioether (sulfide) groups is 1. The van der Waals surface area contributed by atoms with E-state index in [9.17, 15) is 4.79 Å². The SMILES string of the molecule is Cc1ccc(Cc2nc(N3CCCN(C(=O)CSc4ccccc4)CC3)c3c(-c4cccnc4)noc3n2)cc1. The fraction of sp³-hybridized carbons (Fsp3) is 0.258. The van der Waals surface area contributed by atoms with E-state index in [2.05, 4.69) is 46.2 Å². The van der Waals surface area contributed by atoms with Crippen LogP contribution in [-0.4, -0.2) is 62.8 Å². The normalized spacial score (nSPS) is 13.9. The average Bonchev–Trinajstić information content (AvgIpc) is 3.26. The number of aryl methyl sites for hydroxylation is 1. The molecule has 2 aromatic carbocycles. The minimum Gasteiger partial charge on any atom is -0.354 e. The van der Waals surface area contributed by atoms with Gasteiger partial charge in [0.2, 0.25) is 5.91 Å². The number of rotatable bonds is 7. The van der Waals surface area contributed by atoms with Crippen LogP contribution in [0.3, 0.4) is 0 Å². The van der Waals surface area contributed by atoms with E-state index in [1.165, 1.54) is 5.56 Å². The highest BCUT2D eigenvalue weighted by molar-refractivity contribution is 8.00. The fourth-order valence-corrected chi connectivity index (χ4v) is 5.73. The molecule has 6 rings (SSSR count). The number of pyridine rings is 1. The number of carbonyl (C=O) groups excluding carboxylic acids is 1. The Kier molecular flexibility index (Phi) is 7.72. The molecule has 0 atom stereocenters. The molecule has 1 amide bonds. The number of carbonyl (C=O) groups is 1. The maximum atomic E-state index is 13.1. The lowest BCUT2D eigenvalue weighted by Crippen LogP contribution is -2.36. The second-order valence-corrected chi connectivity index (χ2v) is 11.0. The summed E-state index contributed by atoms with van der Waals surface area (Å²) < 4.78 is 5.77. The van der Waals surface area contributed by atoms with Gasteiger partial charge in [0.05, 0.1) is 5.75 Å². The summed E-state index contributed by atoms with van der Waals surface area (Å²) in [5.74, 6) is 2.06. The van der Waals surface area contributed by atoms with Crippen molar-refractivity contribution in [2.75, 3.05) is 36.8 Å². The molecule has 0 N–H and O–H groups in total. The Hall–Kier alpha value is -4.24. The maximum absolute atomic E-state index is 13.1. The third-order valence-corrected chi connectivity index (χ3v) is 8.03. The Labute approximate surface area is 237 Å². The summed E-state index contributed by atoms with van der Waals surface area (Å²) in [6.45, 7) is 4.85. The quantitative estimate of drug-likeness (QED) is 0.249. The minimum atomic E-state index is 0.157. The van der Waals surface area contributed by atoms with Crippen molar-refractivity contribution < 1.29 is 9.32 Å². The maximum Gasteiger partial charge on any atom is 0.263 e. The van der Waals surface area contributed by atoms with Crippen LogP contribution in [-0.2, 0) is 11.2 Å². The van der Waals surface area contributed by atoms with Gasteiger partial charge in [-0.2, -0.15) is 4.98 Å². The molecule has 0 bridgehead atoms. The molecule has 0 unspecified atom stereocenters. The molecule has 40 heavy (non-hydrogen) atoms. The second-order valence-electron chi connectivity index (χ2n) is 9.90. The van der Waals surface area contributed by atoms with Crippen molar-refractivity contribution in [2.24, 2.45) is 0 Å². The molecule has 1 saturated heterocycles. The molecular weight excluding hydrogens is 520 g/mol. The van der Waals surface area contributed by atoms with Gasteiger partial charge in [-0.15, -0.1) is 11.8 Å². The summed E-state index contributed by atoms with van der Waals surface area (Å²) in [4.78, 5) is 32.5. The van der Waals surface area contributed by atoms with Crippen LogP contribution in [0, 0.1) is 6.92 Å². The van der Waals surface area contributed by atoms with Gasteiger partial charge in [-0.25, -0.2) is 4.98 Å². The van der Waals surface area contributed by atoms with Gasteiger partial charge in [0.15, 0.2) is 0 Å². The van der Waals surface area contributed by atoms with Crippen molar-refractivity contribution in [3.8, 4) is 11.3 Å². The third kappa shape index (κ3) is 5.84. The molecular formula is C31H30N6O2S. The molecule has 0 radical (unpaired) electrons. The Morgan fingerprint density at radius 3 is 2.60 bits per heavy atom. The van der Waals surface area contributed by atoms with Crippen molar-refractivity contribution >= 4 is 34.6 Å². The van der Waals surface area contributed by atoms with Gasteiger partial charge < -0.3 is 14.3 Å². The summed E-state index contributed by atoms with van der Waals surface area (Å²) in [6.07, 6.45) is 4.93. The number of aromatic nitrogens is 4. The first-order valence-electron chi connectivity index (χ1n) is 13.5. The molecule has 3 aromatic heterocycles. The molecule has 0 spiro atoms. The molecule has 202 valence electrons. The van der Waals surface area contributed by atoms with Gasteiger partial charge in [-0.3, -0.25) is 9.78 Å². The molecule has 0 aliphatic carbocycles. The molecule has 5 aromatic rings. The van der Waals surface area contributed by atoms with Gasteiger partial charge >= 0.3 is 0 Å². The van der Waals surface area contributed by atoms with Gasteiger partial charge in [-0.1, -0.05) is 53.2 Å². The Morgan fingerprint density at radius 2 is 1.80 bits per heavy atom. The highest BCUT2D eigenvalue weighted by Gasteiger charge is 2.26.